The second-order valence-corrected chi connectivity index (χ2v) is 9.50. The van der Waals surface area contributed by atoms with Gasteiger partial charge in [0.05, 0.1) is 28.8 Å². The molecule has 0 saturated carbocycles. The number of nitrogens with zero attached hydrogens (tertiary/aromatic N) is 4. The van der Waals surface area contributed by atoms with Crippen molar-refractivity contribution in [3.05, 3.63) is 71.5 Å². The Morgan fingerprint density at radius 3 is 2.68 bits per heavy atom. The molecule has 1 fully saturated rings. The standard InChI is InChI=1S/C27H24F2N6O2/c28-27(29)37-21-9-8-15-23(24(21)17-5-3-7-22(31-17)34-12-10-30-11-13-34)20-14-18(33-26(15)36)25-32-16-4-1-2-6-19(16)35(20)25/h1-9,18,20,27,30H,10-14H2,(H,33,36)/t18-,20-/m1/s1. The summed E-state index contributed by atoms with van der Waals surface area (Å²) in [5.41, 5.74) is 3.73. The van der Waals surface area contributed by atoms with E-state index in [-0.39, 0.29) is 23.7 Å². The van der Waals surface area contributed by atoms with Crippen LogP contribution in [0.5, 0.6) is 5.75 Å². The predicted octanol–water partition coefficient (Wildman–Crippen LogP) is 3.89. The lowest BCUT2D eigenvalue weighted by atomic mass is 9.90. The highest BCUT2D eigenvalue weighted by Gasteiger charge is 2.42. The van der Waals surface area contributed by atoms with Crippen molar-refractivity contribution in [2.24, 2.45) is 0 Å². The van der Waals surface area contributed by atoms with Crippen LogP contribution in [0.1, 0.15) is 40.3 Å². The van der Waals surface area contributed by atoms with E-state index in [0.717, 1.165) is 48.9 Å². The number of anilines is 1. The number of halogens is 2. The first kappa shape index (κ1) is 22.2. The number of benzene rings is 2. The zero-order valence-electron chi connectivity index (χ0n) is 19.8. The SMILES string of the molecule is O=C1N[C@@H]2C[C@H](c3c1ccc(OC(F)F)c3-c1cccc(N3CCNCC3)n1)n1c2nc2ccccc21. The van der Waals surface area contributed by atoms with E-state index in [0.29, 0.717) is 28.8 Å². The van der Waals surface area contributed by atoms with Crippen molar-refractivity contribution in [1.29, 1.82) is 0 Å². The van der Waals surface area contributed by atoms with Crippen LogP contribution >= 0.6 is 0 Å². The van der Waals surface area contributed by atoms with E-state index in [1.807, 2.05) is 36.4 Å². The molecule has 2 atom stereocenters. The molecule has 2 aromatic carbocycles. The lowest BCUT2D eigenvalue weighted by molar-refractivity contribution is -0.0495. The Hall–Kier alpha value is -4.05. The van der Waals surface area contributed by atoms with Crippen LogP contribution in [0.3, 0.4) is 0 Å². The number of imidazole rings is 1. The van der Waals surface area contributed by atoms with E-state index in [9.17, 15) is 13.6 Å². The maximum Gasteiger partial charge on any atom is 0.387 e. The highest BCUT2D eigenvalue weighted by Crippen LogP contribution is 2.49. The minimum Gasteiger partial charge on any atom is -0.434 e. The lowest BCUT2D eigenvalue weighted by Gasteiger charge is -2.29. The number of hydrogen-bond donors (Lipinski definition) is 2. The average molecular weight is 503 g/mol. The Bertz CT molecular complexity index is 1530. The Labute approximate surface area is 211 Å². The summed E-state index contributed by atoms with van der Waals surface area (Å²) in [7, 11) is 0. The fourth-order valence-electron chi connectivity index (χ4n) is 5.91. The van der Waals surface area contributed by atoms with Gasteiger partial charge in [0.15, 0.2) is 0 Å². The summed E-state index contributed by atoms with van der Waals surface area (Å²) >= 11 is 0. The molecule has 2 bridgehead atoms. The molecule has 2 N–H and O–H groups in total. The molecule has 3 aliphatic rings. The van der Waals surface area contributed by atoms with Gasteiger partial charge in [0.1, 0.15) is 17.4 Å². The fourth-order valence-corrected chi connectivity index (χ4v) is 5.91. The Kier molecular flexibility index (Phi) is 5.10. The van der Waals surface area contributed by atoms with Gasteiger partial charge < -0.3 is 24.8 Å². The minimum atomic E-state index is -3.02. The number of carbonyl (C=O) groups excluding carboxylic acids is 1. The van der Waals surface area contributed by atoms with Crippen molar-refractivity contribution in [1.82, 2.24) is 25.2 Å². The van der Waals surface area contributed by atoms with E-state index >= 15 is 0 Å². The second kappa shape index (κ2) is 8.52. The molecule has 5 heterocycles. The van der Waals surface area contributed by atoms with Crippen LogP contribution in [-0.4, -0.2) is 53.2 Å². The number of hydrogen-bond acceptors (Lipinski definition) is 6. The molecule has 3 aliphatic heterocycles. The molecule has 0 spiro atoms. The summed E-state index contributed by atoms with van der Waals surface area (Å²) in [6.45, 7) is 0.245. The highest BCUT2D eigenvalue weighted by atomic mass is 19.3. The van der Waals surface area contributed by atoms with Gasteiger partial charge in [0.25, 0.3) is 5.91 Å². The second-order valence-electron chi connectivity index (χ2n) is 9.50. The van der Waals surface area contributed by atoms with E-state index < -0.39 is 6.61 Å². The molecule has 37 heavy (non-hydrogen) atoms. The number of rotatable bonds is 4. The number of alkyl halides is 2. The molecule has 0 unspecified atom stereocenters. The third-order valence-corrected chi connectivity index (χ3v) is 7.44. The van der Waals surface area contributed by atoms with Crippen molar-refractivity contribution in [3.8, 4) is 17.0 Å². The first-order valence-electron chi connectivity index (χ1n) is 12.4. The number of pyridine rings is 1. The van der Waals surface area contributed by atoms with Crippen LogP contribution in [0.2, 0.25) is 0 Å². The number of aromatic nitrogens is 3. The molecular weight excluding hydrogens is 478 g/mol. The van der Waals surface area contributed by atoms with Crippen LogP contribution in [-0.2, 0) is 0 Å². The molecule has 4 aromatic rings. The van der Waals surface area contributed by atoms with Crippen molar-refractivity contribution in [2.45, 2.75) is 25.1 Å². The Morgan fingerprint density at radius 2 is 1.84 bits per heavy atom. The topological polar surface area (TPSA) is 84.3 Å². The van der Waals surface area contributed by atoms with E-state index in [1.54, 1.807) is 12.1 Å². The third kappa shape index (κ3) is 3.54. The van der Waals surface area contributed by atoms with Gasteiger partial charge in [-0.15, -0.1) is 0 Å². The molecule has 188 valence electrons. The van der Waals surface area contributed by atoms with Gasteiger partial charge in [-0.3, -0.25) is 4.79 Å². The van der Waals surface area contributed by atoms with Crippen LogP contribution in [0.25, 0.3) is 22.3 Å². The van der Waals surface area contributed by atoms with Crippen LogP contribution in [0.4, 0.5) is 14.6 Å². The summed E-state index contributed by atoms with van der Waals surface area (Å²) < 4.78 is 34.4. The van der Waals surface area contributed by atoms with Gasteiger partial charge >= 0.3 is 6.61 Å². The van der Waals surface area contributed by atoms with Gasteiger partial charge in [0.2, 0.25) is 0 Å². The van der Waals surface area contributed by atoms with Gasteiger partial charge in [-0.1, -0.05) is 18.2 Å². The van der Waals surface area contributed by atoms with Crippen LogP contribution in [0.15, 0.2) is 54.6 Å². The van der Waals surface area contributed by atoms with Crippen LogP contribution in [0, 0.1) is 0 Å². The lowest BCUT2D eigenvalue weighted by Crippen LogP contribution is -2.43. The smallest absolute Gasteiger partial charge is 0.387 e. The molecular formula is C27H24F2N6O2. The zero-order valence-corrected chi connectivity index (χ0v) is 19.8. The number of amides is 1. The van der Waals surface area contributed by atoms with Gasteiger partial charge in [0, 0.05) is 42.9 Å². The molecule has 7 rings (SSSR count). The largest absolute Gasteiger partial charge is 0.434 e. The molecule has 0 aliphatic carbocycles. The Morgan fingerprint density at radius 1 is 1.00 bits per heavy atom. The number of nitrogens with one attached hydrogen (secondary N) is 2. The van der Waals surface area contributed by atoms with Crippen molar-refractivity contribution >= 4 is 22.8 Å². The molecule has 10 heteroatoms. The predicted molar refractivity (Wildman–Crippen MR) is 134 cm³/mol. The first-order chi connectivity index (χ1) is 18.1. The molecule has 8 nitrogen and oxygen atoms in total. The third-order valence-electron chi connectivity index (χ3n) is 7.44. The van der Waals surface area contributed by atoms with E-state index in [1.165, 1.54) is 6.07 Å². The van der Waals surface area contributed by atoms with Crippen molar-refractivity contribution in [2.75, 3.05) is 31.1 Å². The number of piperazine rings is 1. The highest BCUT2D eigenvalue weighted by molar-refractivity contribution is 6.00. The summed E-state index contributed by atoms with van der Waals surface area (Å²) in [5.74, 6) is 1.27. The first-order valence-corrected chi connectivity index (χ1v) is 12.4. The molecule has 1 amide bonds. The maximum atomic E-state index is 13.6. The maximum absolute atomic E-state index is 13.6. The zero-order chi connectivity index (χ0) is 25.1. The number of fused-ring (bicyclic) bond motifs is 9. The summed E-state index contributed by atoms with van der Waals surface area (Å²) in [5, 5.41) is 6.43. The van der Waals surface area contributed by atoms with E-state index in [4.69, 9.17) is 14.7 Å². The average Bonchev–Trinajstić information content (AvgIpc) is 3.41. The Balaban J connectivity index is 1.47. The van der Waals surface area contributed by atoms with Crippen LogP contribution < -0.4 is 20.3 Å². The monoisotopic (exact) mass is 502 g/mol. The number of carbonyl (C=O) groups is 1. The molecule has 1 saturated heterocycles. The molecule has 2 aromatic heterocycles. The van der Waals surface area contributed by atoms with Gasteiger partial charge in [-0.25, -0.2) is 9.97 Å². The van der Waals surface area contributed by atoms with E-state index in [2.05, 4.69) is 20.1 Å². The summed E-state index contributed by atoms with van der Waals surface area (Å²) in [4.78, 5) is 25.2. The number of ether oxygens (including phenoxy) is 1. The van der Waals surface area contributed by atoms with Crippen molar-refractivity contribution in [3.63, 3.8) is 0 Å². The van der Waals surface area contributed by atoms with Crippen molar-refractivity contribution < 1.29 is 18.3 Å². The quantitative estimate of drug-likeness (QED) is 0.441. The normalized spacial score (nSPS) is 20.5. The van der Waals surface area contributed by atoms with Gasteiger partial charge in [-0.2, -0.15) is 8.78 Å². The summed E-state index contributed by atoms with van der Waals surface area (Å²) in [6.07, 6.45) is 0.564. The minimum absolute atomic E-state index is 0.00262. The number of para-hydroxylation sites is 2. The molecule has 0 radical (unpaired) electrons. The summed E-state index contributed by atoms with van der Waals surface area (Å²) in [6, 6.07) is 15.8. The fraction of sp³-hybridized carbons (Fsp3) is 0.296. The van der Waals surface area contributed by atoms with Gasteiger partial charge in [-0.05, 0) is 42.8 Å².